The summed E-state index contributed by atoms with van der Waals surface area (Å²) in [6.45, 7) is 0.945. The van der Waals surface area contributed by atoms with Crippen LogP contribution >= 0.6 is 0 Å². The third kappa shape index (κ3) is 3.49. The van der Waals surface area contributed by atoms with Crippen LogP contribution in [0.15, 0.2) is 46.9 Å². The Morgan fingerprint density at radius 3 is 2.41 bits per heavy atom. The van der Waals surface area contributed by atoms with E-state index < -0.39 is 12.5 Å². The van der Waals surface area contributed by atoms with Gasteiger partial charge in [0.25, 0.3) is 6.43 Å². The number of fused-ring (bicyclic) bond motifs is 1. The monoisotopic (exact) mass is 372 g/mol. The molecule has 1 saturated heterocycles. The maximum Gasteiger partial charge on any atom is 0.407 e. The van der Waals surface area contributed by atoms with Gasteiger partial charge in [-0.3, -0.25) is 0 Å². The fraction of sp³-hybridized carbons (Fsp3) is 0.300. The van der Waals surface area contributed by atoms with Gasteiger partial charge in [0.05, 0.1) is 0 Å². The number of amides is 1. The minimum absolute atomic E-state index is 0.00511. The van der Waals surface area contributed by atoms with Crippen LogP contribution in [0.5, 0.6) is 0 Å². The van der Waals surface area contributed by atoms with E-state index in [-0.39, 0.29) is 11.5 Å². The van der Waals surface area contributed by atoms with Crippen LogP contribution in [0.4, 0.5) is 13.6 Å². The Morgan fingerprint density at radius 1 is 1.11 bits per heavy atom. The van der Waals surface area contributed by atoms with Crippen LogP contribution in [0.1, 0.15) is 36.6 Å². The van der Waals surface area contributed by atoms with Crippen molar-refractivity contribution in [3.63, 3.8) is 0 Å². The van der Waals surface area contributed by atoms with Crippen LogP contribution < -0.4 is 0 Å². The van der Waals surface area contributed by atoms with Crippen molar-refractivity contribution in [2.45, 2.75) is 25.2 Å². The fourth-order valence-corrected chi connectivity index (χ4v) is 3.44. The quantitative estimate of drug-likeness (QED) is 0.678. The number of alkyl halides is 2. The number of hydrogen-bond donors (Lipinski definition) is 1. The zero-order valence-corrected chi connectivity index (χ0v) is 14.4. The summed E-state index contributed by atoms with van der Waals surface area (Å²) >= 11 is 0. The highest BCUT2D eigenvalue weighted by Crippen LogP contribution is 2.32. The van der Waals surface area contributed by atoms with Crippen molar-refractivity contribution < 1.29 is 23.1 Å². The van der Waals surface area contributed by atoms with Gasteiger partial charge in [-0.15, -0.1) is 0 Å². The molecule has 1 aromatic heterocycles. The molecule has 7 heteroatoms. The van der Waals surface area contributed by atoms with E-state index >= 15 is 0 Å². The number of likely N-dealkylation sites (tertiary alicyclic amines) is 1. The third-order valence-electron chi connectivity index (χ3n) is 5.02. The van der Waals surface area contributed by atoms with Gasteiger partial charge in [0.2, 0.25) is 0 Å². The van der Waals surface area contributed by atoms with Gasteiger partial charge in [-0.2, -0.15) is 0 Å². The van der Waals surface area contributed by atoms with E-state index in [0.29, 0.717) is 37.4 Å². The van der Waals surface area contributed by atoms with Gasteiger partial charge in [-0.25, -0.2) is 18.6 Å². The molecule has 1 amide bonds. The number of hydrogen-bond acceptors (Lipinski definition) is 3. The van der Waals surface area contributed by atoms with Gasteiger partial charge in [-0.05, 0) is 36.1 Å². The molecular formula is C20H18F2N2O3. The average Bonchev–Trinajstić information content (AvgIpc) is 3.11. The van der Waals surface area contributed by atoms with Crippen molar-refractivity contribution in [1.82, 2.24) is 9.88 Å². The molecule has 0 spiro atoms. The molecule has 0 aliphatic carbocycles. The Kier molecular flexibility index (Phi) is 4.51. The maximum atomic E-state index is 12.7. The number of halogens is 2. The van der Waals surface area contributed by atoms with Crippen LogP contribution in [0.25, 0.3) is 22.2 Å². The molecule has 27 heavy (non-hydrogen) atoms. The molecule has 1 N–H and O–H groups in total. The zero-order chi connectivity index (χ0) is 19.0. The number of rotatable bonds is 3. The van der Waals surface area contributed by atoms with Gasteiger partial charge in [-0.1, -0.05) is 30.3 Å². The number of nitrogens with zero attached hydrogens (tertiary/aromatic N) is 2. The second-order valence-electron chi connectivity index (χ2n) is 6.70. The molecule has 2 heterocycles. The number of oxazole rings is 1. The van der Waals surface area contributed by atoms with Crippen molar-refractivity contribution in [3.8, 4) is 11.1 Å². The molecule has 1 aliphatic heterocycles. The Hall–Kier alpha value is -2.96. The third-order valence-corrected chi connectivity index (χ3v) is 5.02. The van der Waals surface area contributed by atoms with Crippen molar-refractivity contribution in [3.05, 3.63) is 53.9 Å². The summed E-state index contributed by atoms with van der Waals surface area (Å²) < 4.78 is 31.3. The summed E-state index contributed by atoms with van der Waals surface area (Å²) in [5.74, 6) is 0.724. The highest BCUT2D eigenvalue weighted by molar-refractivity contribution is 5.80. The Labute approximate surface area is 154 Å². The molecule has 0 saturated carbocycles. The molecule has 1 fully saturated rings. The number of aromatic nitrogens is 1. The lowest BCUT2D eigenvalue weighted by atomic mass is 9.97. The van der Waals surface area contributed by atoms with Gasteiger partial charge in [0, 0.05) is 24.6 Å². The molecule has 0 radical (unpaired) electrons. The highest BCUT2D eigenvalue weighted by Gasteiger charge is 2.26. The largest absolute Gasteiger partial charge is 0.465 e. The SMILES string of the molecule is O=C(O)N1CCC(c2nc3ccc(-c4ccc(C(F)F)cc4)cc3o2)CC1. The van der Waals surface area contributed by atoms with Crippen molar-refractivity contribution in [2.24, 2.45) is 0 Å². The summed E-state index contributed by atoms with van der Waals surface area (Å²) in [6.07, 6.45) is -2.01. The van der Waals surface area contributed by atoms with Gasteiger partial charge in [0.15, 0.2) is 11.5 Å². The minimum atomic E-state index is -2.48. The summed E-state index contributed by atoms with van der Waals surface area (Å²) in [7, 11) is 0. The van der Waals surface area contributed by atoms with E-state index in [0.717, 1.165) is 16.6 Å². The summed E-state index contributed by atoms with van der Waals surface area (Å²) in [5, 5.41) is 9.04. The standard InChI is InChI=1S/C20H18F2N2O3/c21-18(22)13-3-1-12(2-4-13)15-5-6-16-17(11-15)27-19(23-16)14-7-9-24(10-8-14)20(25)26/h1-6,11,14,18H,7-10H2,(H,25,26). The first-order valence-electron chi connectivity index (χ1n) is 8.78. The van der Waals surface area contributed by atoms with Gasteiger partial charge in [0.1, 0.15) is 5.52 Å². The molecule has 1 aliphatic rings. The Morgan fingerprint density at radius 2 is 1.78 bits per heavy atom. The number of carboxylic acid groups (broad SMARTS) is 1. The van der Waals surface area contributed by atoms with Crippen LogP contribution in [-0.2, 0) is 0 Å². The molecule has 3 aromatic rings. The van der Waals surface area contributed by atoms with Crippen LogP contribution in [0.2, 0.25) is 0 Å². The van der Waals surface area contributed by atoms with E-state index in [2.05, 4.69) is 4.98 Å². The van der Waals surface area contributed by atoms with E-state index in [4.69, 9.17) is 9.52 Å². The fourth-order valence-electron chi connectivity index (χ4n) is 3.44. The second kappa shape index (κ2) is 6.98. The van der Waals surface area contributed by atoms with E-state index in [1.54, 1.807) is 12.1 Å². The van der Waals surface area contributed by atoms with Crippen LogP contribution in [0, 0.1) is 0 Å². The highest BCUT2D eigenvalue weighted by atomic mass is 19.3. The molecule has 0 atom stereocenters. The first-order chi connectivity index (χ1) is 13.0. The van der Waals surface area contributed by atoms with Crippen molar-refractivity contribution in [1.29, 1.82) is 0 Å². The average molecular weight is 372 g/mol. The molecule has 140 valence electrons. The van der Waals surface area contributed by atoms with Gasteiger partial charge >= 0.3 is 6.09 Å². The minimum Gasteiger partial charge on any atom is -0.465 e. The van der Waals surface area contributed by atoms with Gasteiger partial charge < -0.3 is 14.4 Å². The smallest absolute Gasteiger partial charge is 0.407 e. The number of benzene rings is 2. The topological polar surface area (TPSA) is 66.6 Å². The van der Waals surface area contributed by atoms with E-state index in [1.807, 2.05) is 18.2 Å². The van der Waals surface area contributed by atoms with E-state index in [9.17, 15) is 13.6 Å². The summed E-state index contributed by atoms with van der Waals surface area (Å²) in [4.78, 5) is 17.0. The number of carbonyl (C=O) groups is 1. The predicted molar refractivity (Wildman–Crippen MR) is 96.0 cm³/mol. The molecule has 5 nitrogen and oxygen atoms in total. The zero-order valence-electron chi connectivity index (χ0n) is 14.4. The maximum absolute atomic E-state index is 12.7. The Balaban J connectivity index is 1.56. The molecule has 4 rings (SSSR count). The molecule has 0 bridgehead atoms. The predicted octanol–water partition coefficient (Wildman–Crippen LogP) is 5.29. The number of piperidine rings is 1. The van der Waals surface area contributed by atoms with Crippen LogP contribution in [0.3, 0.4) is 0 Å². The first-order valence-corrected chi connectivity index (χ1v) is 8.78. The normalized spacial score (nSPS) is 15.6. The lowest BCUT2D eigenvalue weighted by Gasteiger charge is -2.28. The van der Waals surface area contributed by atoms with Crippen molar-refractivity contribution in [2.75, 3.05) is 13.1 Å². The second-order valence-corrected chi connectivity index (χ2v) is 6.70. The summed E-state index contributed by atoms with van der Waals surface area (Å²) in [6, 6.07) is 11.8. The lowest BCUT2D eigenvalue weighted by Crippen LogP contribution is -2.36. The van der Waals surface area contributed by atoms with Crippen molar-refractivity contribution >= 4 is 17.2 Å². The van der Waals surface area contributed by atoms with E-state index in [1.165, 1.54) is 17.0 Å². The Bertz CT molecular complexity index is 961. The molecule has 2 aromatic carbocycles. The first kappa shape index (κ1) is 17.5. The molecular weight excluding hydrogens is 354 g/mol. The lowest BCUT2D eigenvalue weighted by molar-refractivity contribution is 0.129. The summed E-state index contributed by atoms with van der Waals surface area (Å²) in [5.41, 5.74) is 3.06. The molecule has 0 unspecified atom stereocenters. The van der Waals surface area contributed by atoms with Crippen LogP contribution in [-0.4, -0.2) is 34.2 Å².